The second kappa shape index (κ2) is 9.03. The van der Waals surface area contributed by atoms with Gasteiger partial charge in [0.25, 0.3) is 0 Å². The second-order valence-corrected chi connectivity index (χ2v) is 7.55. The van der Waals surface area contributed by atoms with Crippen LogP contribution in [0.1, 0.15) is 49.2 Å². The first-order valence-electron chi connectivity index (χ1n) is 9.28. The van der Waals surface area contributed by atoms with Crippen molar-refractivity contribution in [3.8, 4) is 0 Å². The van der Waals surface area contributed by atoms with Gasteiger partial charge in [-0.1, -0.05) is 36.0 Å². The Bertz CT molecular complexity index is 820. The van der Waals surface area contributed by atoms with E-state index < -0.39 is 0 Å². The first-order valence-corrected chi connectivity index (χ1v) is 10.3. The minimum absolute atomic E-state index is 0.00829. The fourth-order valence-electron chi connectivity index (χ4n) is 3.43. The number of aromatic nitrogens is 3. The van der Waals surface area contributed by atoms with E-state index in [4.69, 9.17) is 5.73 Å². The number of aryl methyl sites for hydroxylation is 2. The fraction of sp³-hybridized carbons (Fsp3) is 0.474. The van der Waals surface area contributed by atoms with Crippen molar-refractivity contribution in [3.05, 3.63) is 41.2 Å². The molecule has 2 aromatic rings. The van der Waals surface area contributed by atoms with Gasteiger partial charge in [-0.3, -0.25) is 9.59 Å². The van der Waals surface area contributed by atoms with Crippen molar-refractivity contribution in [2.75, 3.05) is 5.75 Å². The van der Waals surface area contributed by atoms with Gasteiger partial charge in [-0.15, -0.1) is 10.2 Å². The molecule has 0 saturated heterocycles. The summed E-state index contributed by atoms with van der Waals surface area (Å²) in [5.41, 5.74) is 7.76. The Balaban J connectivity index is 1.58. The van der Waals surface area contributed by atoms with Crippen LogP contribution in [0, 0.1) is 0 Å². The van der Waals surface area contributed by atoms with Crippen molar-refractivity contribution in [1.29, 1.82) is 0 Å². The lowest BCUT2D eigenvalue weighted by atomic mass is 9.88. The summed E-state index contributed by atoms with van der Waals surface area (Å²) in [5, 5.41) is 12.1. The van der Waals surface area contributed by atoms with Crippen LogP contribution in [-0.4, -0.2) is 32.3 Å². The highest BCUT2D eigenvalue weighted by atomic mass is 32.2. The van der Waals surface area contributed by atoms with Gasteiger partial charge in [-0.25, -0.2) is 0 Å². The summed E-state index contributed by atoms with van der Waals surface area (Å²) in [6.45, 7) is 2.67. The number of nitrogens with two attached hydrogens (primary N) is 1. The number of fused-ring (bicyclic) bond motifs is 1. The smallest absolute Gasteiger partial charge is 0.230 e. The van der Waals surface area contributed by atoms with Gasteiger partial charge in [0.2, 0.25) is 11.8 Å². The monoisotopic (exact) mass is 387 g/mol. The summed E-state index contributed by atoms with van der Waals surface area (Å²) in [4.78, 5) is 23.4. The maximum Gasteiger partial charge on any atom is 0.230 e. The number of hydrogen-bond acceptors (Lipinski definition) is 5. The van der Waals surface area contributed by atoms with Crippen molar-refractivity contribution in [3.63, 3.8) is 0 Å². The van der Waals surface area contributed by atoms with Gasteiger partial charge in [-0.2, -0.15) is 0 Å². The fourth-order valence-corrected chi connectivity index (χ4v) is 4.27. The maximum atomic E-state index is 12.5. The number of thioether (sulfide) groups is 1. The lowest BCUT2D eigenvalue weighted by molar-refractivity contribution is -0.119. The highest BCUT2D eigenvalue weighted by Gasteiger charge is 2.22. The number of carbonyl (C=O) groups is 2. The van der Waals surface area contributed by atoms with E-state index in [1.165, 1.54) is 22.9 Å². The summed E-state index contributed by atoms with van der Waals surface area (Å²) in [7, 11) is 0. The molecule has 7 nitrogen and oxygen atoms in total. The standard InChI is InChI=1S/C19H25N5O2S/c1-2-24-17(11-10-16(20)25)22-23-19(24)27-12-18(26)21-15-9-5-7-13-6-3-4-8-14(13)15/h3-4,6,8,15H,2,5,7,9-12H2,1H3,(H2,20,25)(H,21,26)/t15-/m1/s1. The molecule has 1 aromatic carbocycles. The topological polar surface area (TPSA) is 103 Å². The van der Waals surface area contributed by atoms with Crippen LogP contribution in [-0.2, 0) is 29.0 Å². The molecular weight excluding hydrogens is 362 g/mol. The van der Waals surface area contributed by atoms with Crippen LogP contribution in [0.4, 0.5) is 0 Å². The van der Waals surface area contributed by atoms with E-state index in [0.29, 0.717) is 18.1 Å². The van der Waals surface area contributed by atoms with Crippen molar-refractivity contribution < 1.29 is 9.59 Å². The molecule has 0 fully saturated rings. The Labute approximate surface area is 163 Å². The molecule has 144 valence electrons. The molecule has 8 heteroatoms. The number of rotatable bonds is 8. The van der Waals surface area contributed by atoms with Gasteiger partial charge >= 0.3 is 0 Å². The van der Waals surface area contributed by atoms with E-state index in [1.807, 2.05) is 23.6 Å². The van der Waals surface area contributed by atoms with Gasteiger partial charge in [0, 0.05) is 19.4 Å². The molecule has 3 N–H and O–H groups in total. The van der Waals surface area contributed by atoms with Crippen LogP contribution in [0.25, 0.3) is 0 Å². The number of primary amides is 1. The van der Waals surface area contributed by atoms with Gasteiger partial charge in [-0.05, 0) is 37.3 Å². The molecular formula is C19H25N5O2S. The molecule has 0 saturated carbocycles. The molecule has 0 unspecified atom stereocenters. The molecule has 2 amide bonds. The number of benzene rings is 1. The van der Waals surface area contributed by atoms with Crippen molar-refractivity contribution in [2.24, 2.45) is 5.73 Å². The summed E-state index contributed by atoms with van der Waals surface area (Å²) in [5.74, 6) is 0.639. The molecule has 0 aliphatic heterocycles. The Morgan fingerprint density at radius 3 is 2.93 bits per heavy atom. The van der Waals surface area contributed by atoms with Crippen LogP contribution >= 0.6 is 11.8 Å². The number of nitrogens with zero attached hydrogens (tertiary/aromatic N) is 3. The molecule has 27 heavy (non-hydrogen) atoms. The normalized spacial score (nSPS) is 16.0. The van der Waals surface area contributed by atoms with E-state index in [2.05, 4.69) is 27.6 Å². The quantitative estimate of drug-likeness (QED) is 0.675. The zero-order chi connectivity index (χ0) is 19.2. The second-order valence-electron chi connectivity index (χ2n) is 6.61. The average Bonchev–Trinajstić information content (AvgIpc) is 3.07. The van der Waals surface area contributed by atoms with Crippen LogP contribution < -0.4 is 11.1 Å². The molecule has 0 radical (unpaired) electrons. The number of nitrogens with one attached hydrogen (secondary N) is 1. The average molecular weight is 388 g/mol. The minimum atomic E-state index is -0.359. The molecule has 0 bridgehead atoms. The Kier molecular flexibility index (Phi) is 6.49. The maximum absolute atomic E-state index is 12.5. The third-order valence-electron chi connectivity index (χ3n) is 4.74. The summed E-state index contributed by atoms with van der Waals surface area (Å²) >= 11 is 1.37. The van der Waals surface area contributed by atoms with Crippen LogP contribution in [0.3, 0.4) is 0 Å². The first kappa shape index (κ1) is 19.4. The zero-order valence-electron chi connectivity index (χ0n) is 15.5. The zero-order valence-corrected chi connectivity index (χ0v) is 16.3. The van der Waals surface area contributed by atoms with Crippen LogP contribution in [0.15, 0.2) is 29.4 Å². The van der Waals surface area contributed by atoms with Crippen molar-refractivity contribution in [1.82, 2.24) is 20.1 Å². The Hall–Kier alpha value is -2.35. The van der Waals surface area contributed by atoms with Gasteiger partial charge in [0.1, 0.15) is 5.82 Å². The third-order valence-corrected chi connectivity index (χ3v) is 5.71. The third kappa shape index (κ3) is 4.88. The molecule has 3 rings (SSSR count). The van der Waals surface area contributed by atoms with E-state index in [1.54, 1.807) is 0 Å². The van der Waals surface area contributed by atoms with Crippen LogP contribution in [0.2, 0.25) is 0 Å². The van der Waals surface area contributed by atoms with Gasteiger partial charge in [0.15, 0.2) is 5.16 Å². The first-order chi connectivity index (χ1) is 13.1. The lowest BCUT2D eigenvalue weighted by Crippen LogP contribution is -2.32. The highest BCUT2D eigenvalue weighted by molar-refractivity contribution is 7.99. The Morgan fingerprint density at radius 2 is 2.15 bits per heavy atom. The molecule has 1 aliphatic rings. The number of amides is 2. The van der Waals surface area contributed by atoms with E-state index in [9.17, 15) is 9.59 Å². The minimum Gasteiger partial charge on any atom is -0.370 e. The van der Waals surface area contributed by atoms with E-state index in [0.717, 1.165) is 25.1 Å². The van der Waals surface area contributed by atoms with Gasteiger partial charge < -0.3 is 15.6 Å². The molecule has 1 aromatic heterocycles. The Morgan fingerprint density at radius 1 is 1.33 bits per heavy atom. The summed E-state index contributed by atoms with van der Waals surface area (Å²) in [6.07, 6.45) is 3.83. The number of hydrogen-bond donors (Lipinski definition) is 2. The summed E-state index contributed by atoms with van der Waals surface area (Å²) < 4.78 is 1.93. The van der Waals surface area contributed by atoms with Crippen LogP contribution in [0.5, 0.6) is 0 Å². The SMILES string of the molecule is CCn1c(CCC(N)=O)nnc1SCC(=O)N[C@@H]1CCCc2ccccc21. The number of carbonyl (C=O) groups excluding carboxylic acids is 2. The highest BCUT2D eigenvalue weighted by Crippen LogP contribution is 2.29. The van der Waals surface area contributed by atoms with E-state index >= 15 is 0 Å². The molecule has 0 spiro atoms. The predicted octanol–water partition coefficient (Wildman–Crippen LogP) is 2.00. The van der Waals surface area contributed by atoms with Crippen molar-refractivity contribution in [2.45, 2.75) is 56.8 Å². The largest absolute Gasteiger partial charge is 0.370 e. The molecule has 1 atom stereocenters. The van der Waals surface area contributed by atoms with Crippen molar-refractivity contribution >= 4 is 23.6 Å². The van der Waals surface area contributed by atoms with Gasteiger partial charge in [0.05, 0.1) is 11.8 Å². The summed E-state index contributed by atoms with van der Waals surface area (Å²) in [6, 6.07) is 8.39. The molecule has 1 aliphatic carbocycles. The molecule has 1 heterocycles. The van der Waals surface area contributed by atoms with E-state index in [-0.39, 0.29) is 30.0 Å². The predicted molar refractivity (Wildman–Crippen MR) is 104 cm³/mol. The lowest BCUT2D eigenvalue weighted by Gasteiger charge is -2.26.